The van der Waals surface area contributed by atoms with Gasteiger partial charge in [0.1, 0.15) is 15.7 Å². The molecule has 0 bridgehead atoms. The molecule has 7 heteroatoms. The summed E-state index contributed by atoms with van der Waals surface area (Å²) >= 11 is 2.93. The van der Waals surface area contributed by atoms with Crippen molar-refractivity contribution in [1.82, 2.24) is 4.98 Å². The molecule has 29 heavy (non-hydrogen) atoms. The third-order valence-corrected chi connectivity index (χ3v) is 6.53. The summed E-state index contributed by atoms with van der Waals surface area (Å²) in [6, 6.07) is 16.9. The molecule has 0 atom stereocenters. The highest BCUT2D eigenvalue weighted by Gasteiger charge is 2.14. The lowest BCUT2D eigenvalue weighted by Crippen LogP contribution is -2.07. The second-order valence-corrected chi connectivity index (χ2v) is 8.43. The summed E-state index contributed by atoms with van der Waals surface area (Å²) in [6.07, 6.45) is 0.651. The lowest BCUT2D eigenvalue weighted by Gasteiger charge is -2.03. The maximum atomic E-state index is 12.9. The van der Waals surface area contributed by atoms with Crippen LogP contribution in [-0.2, 0) is 4.74 Å². The first-order chi connectivity index (χ1) is 14.1. The first-order valence-electron chi connectivity index (χ1n) is 9.02. The molecule has 0 aliphatic carbocycles. The molecule has 2 aromatic heterocycles. The lowest BCUT2D eigenvalue weighted by atomic mass is 10.1. The monoisotopic (exact) mass is 425 g/mol. The van der Waals surface area contributed by atoms with E-state index >= 15 is 0 Å². The van der Waals surface area contributed by atoms with E-state index in [0.717, 1.165) is 20.1 Å². The molecule has 0 radical (unpaired) electrons. The van der Waals surface area contributed by atoms with Crippen molar-refractivity contribution in [2.24, 2.45) is 0 Å². The number of carbonyl (C=O) groups is 2. The minimum absolute atomic E-state index is 0.102. The summed E-state index contributed by atoms with van der Waals surface area (Å²) in [5.41, 5.74) is 1.40. The van der Waals surface area contributed by atoms with E-state index in [9.17, 15) is 14.0 Å². The number of aromatic nitrogens is 1. The summed E-state index contributed by atoms with van der Waals surface area (Å²) in [5.74, 6) is -0.886. The van der Waals surface area contributed by atoms with Crippen LogP contribution in [0.2, 0.25) is 0 Å². The number of hydrogen-bond acceptors (Lipinski definition) is 6. The Morgan fingerprint density at radius 1 is 0.966 bits per heavy atom. The number of thiazole rings is 1. The highest BCUT2D eigenvalue weighted by Crippen LogP contribution is 2.34. The van der Waals surface area contributed by atoms with E-state index in [4.69, 9.17) is 4.74 Å². The van der Waals surface area contributed by atoms with Crippen LogP contribution >= 0.6 is 22.7 Å². The van der Waals surface area contributed by atoms with Crippen molar-refractivity contribution in [3.05, 3.63) is 76.9 Å². The summed E-state index contributed by atoms with van der Waals surface area (Å²) in [7, 11) is 0. The molecular formula is C22H16FNO3S2. The van der Waals surface area contributed by atoms with Gasteiger partial charge in [-0.1, -0.05) is 12.1 Å². The highest BCUT2D eigenvalue weighted by atomic mass is 32.1. The number of esters is 1. The Labute approximate surface area is 174 Å². The fourth-order valence-corrected chi connectivity index (χ4v) is 4.71. The zero-order chi connectivity index (χ0) is 20.2. The average Bonchev–Trinajstić information content (AvgIpc) is 3.38. The molecule has 2 aromatic carbocycles. The van der Waals surface area contributed by atoms with Crippen LogP contribution in [0, 0.1) is 5.82 Å². The smallest absolute Gasteiger partial charge is 0.348 e. The summed E-state index contributed by atoms with van der Waals surface area (Å²) in [5, 5.41) is 0.875. The Kier molecular flexibility index (Phi) is 5.78. The highest BCUT2D eigenvalue weighted by molar-refractivity contribution is 7.26. The molecule has 0 saturated carbocycles. The van der Waals surface area contributed by atoms with Crippen molar-refractivity contribution in [2.45, 2.75) is 12.8 Å². The number of thiophene rings is 1. The van der Waals surface area contributed by atoms with E-state index in [-0.39, 0.29) is 24.6 Å². The van der Waals surface area contributed by atoms with Crippen LogP contribution in [0.1, 0.15) is 32.9 Å². The molecule has 2 heterocycles. The van der Waals surface area contributed by atoms with E-state index in [1.807, 2.05) is 30.3 Å². The third-order valence-electron chi connectivity index (χ3n) is 4.26. The number of ketones is 1. The van der Waals surface area contributed by atoms with Gasteiger partial charge in [-0.3, -0.25) is 4.79 Å². The number of nitrogens with zero attached hydrogens (tertiary/aromatic N) is 1. The van der Waals surface area contributed by atoms with E-state index in [1.165, 1.54) is 35.6 Å². The molecule has 0 aliphatic rings. The zero-order valence-electron chi connectivity index (χ0n) is 15.3. The molecule has 0 aliphatic heterocycles. The quantitative estimate of drug-likeness (QED) is 0.207. The maximum absolute atomic E-state index is 12.9. The van der Waals surface area contributed by atoms with E-state index in [0.29, 0.717) is 16.9 Å². The van der Waals surface area contributed by atoms with Gasteiger partial charge in [-0.25, -0.2) is 14.2 Å². The number of Topliss-reactive ketones (excluding diaryl/α,β-unsaturated/α-hetero) is 1. The van der Waals surface area contributed by atoms with Gasteiger partial charge < -0.3 is 4.74 Å². The Balaban J connectivity index is 1.30. The lowest BCUT2D eigenvalue weighted by molar-refractivity contribution is 0.0500. The van der Waals surface area contributed by atoms with Crippen molar-refractivity contribution in [2.75, 3.05) is 6.61 Å². The molecule has 146 valence electrons. The van der Waals surface area contributed by atoms with Gasteiger partial charge >= 0.3 is 5.97 Å². The van der Waals surface area contributed by atoms with Crippen LogP contribution in [0.5, 0.6) is 0 Å². The molecule has 0 spiro atoms. The van der Waals surface area contributed by atoms with Crippen molar-refractivity contribution in [1.29, 1.82) is 0 Å². The van der Waals surface area contributed by atoms with Gasteiger partial charge in [0.25, 0.3) is 0 Å². The minimum atomic E-state index is -0.406. The molecule has 4 aromatic rings. The topological polar surface area (TPSA) is 56.3 Å². The van der Waals surface area contributed by atoms with Gasteiger partial charge in [0, 0.05) is 12.0 Å². The first-order valence-corrected chi connectivity index (χ1v) is 10.6. The van der Waals surface area contributed by atoms with Crippen molar-refractivity contribution >= 4 is 44.6 Å². The number of benzene rings is 2. The Bertz CT molecular complexity index is 1130. The van der Waals surface area contributed by atoms with Crippen LogP contribution in [0.3, 0.4) is 0 Å². The van der Waals surface area contributed by atoms with Crippen molar-refractivity contribution in [3.8, 4) is 9.88 Å². The number of fused-ring (bicyclic) bond motifs is 1. The number of ether oxygens (including phenoxy) is 1. The molecule has 0 saturated heterocycles. The Morgan fingerprint density at radius 2 is 1.76 bits per heavy atom. The largest absolute Gasteiger partial charge is 0.461 e. The number of hydrogen-bond donors (Lipinski definition) is 0. The van der Waals surface area contributed by atoms with Crippen LogP contribution in [-0.4, -0.2) is 23.3 Å². The molecule has 0 fully saturated rings. The van der Waals surface area contributed by atoms with Gasteiger partial charge in [0.2, 0.25) is 0 Å². The number of carbonyl (C=O) groups excluding carboxylic acids is 2. The normalized spacial score (nSPS) is 10.9. The molecule has 4 nitrogen and oxygen atoms in total. The van der Waals surface area contributed by atoms with E-state index in [2.05, 4.69) is 4.98 Å². The summed E-state index contributed by atoms with van der Waals surface area (Å²) in [4.78, 5) is 30.3. The fourth-order valence-electron chi connectivity index (χ4n) is 2.79. The van der Waals surface area contributed by atoms with Gasteiger partial charge in [0.15, 0.2) is 5.78 Å². The predicted octanol–water partition coefficient (Wildman–Crippen LogP) is 5.98. The number of halogens is 1. The van der Waals surface area contributed by atoms with Gasteiger partial charge in [-0.05, 0) is 55.0 Å². The van der Waals surface area contributed by atoms with Gasteiger partial charge in [-0.2, -0.15) is 0 Å². The molecule has 0 amide bonds. The molecule has 0 unspecified atom stereocenters. The van der Waals surface area contributed by atoms with Gasteiger partial charge in [-0.15, -0.1) is 22.7 Å². The Morgan fingerprint density at radius 3 is 2.55 bits per heavy atom. The SMILES string of the molecule is O=C(CCCOC(=O)c1ccc(-c2nc3ccccc3s2)s1)c1ccc(F)cc1. The molecule has 0 N–H and O–H groups in total. The van der Waals surface area contributed by atoms with Crippen LogP contribution in [0.25, 0.3) is 20.1 Å². The standard InChI is InChI=1S/C22H16FNO3S2/c23-15-9-7-14(8-10-15)17(25)5-3-13-27-22(26)20-12-11-19(28-20)21-24-16-4-1-2-6-18(16)29-21/h1-2,4,6-12H,3,5,13H2. The molecule has 4 rings (SSSR count). The average molecular weight is 426 g/mol. The van der Waals surface area contributed by atoms with Gasteiger partial charge in [0.05, 0.1) is 21.7 Å². The molecular weight excluding hydrogens is 409 g/mol. The number of rotatable bonds is 7. The zero-order valence-corrected chi connectivity index (χ0v) is 16.9. The third kappa shape index (κ3) is 4.58. The second kappa shape index (κ2) is 8.63. The maximum Gasteiger partial charge on any atom is 0.348 e. The van der Waals surface area contributed by atoms with Crippen LogP contribution < -0.4 is 0 Å². The van der Waals surface area contributed by atoms with Crippen molar-refractivity contribution < 1.29 is 18.7 Å². The van der Waals surface area contributed by atoms with E-state index in [1.54, 1.807) is 17.4 Å². The first kappa shape index (κ1) is 19.4. The van der Waals surface area contributed by atoms with Crippen LogP contribution in [0.15, 0.2) is 60.7 Å². The van der Waals surface area contributed by atoms with Crippen LogP contribution in [0.4, 0.5) is 4.39 Å². The minimum Gasteiger partial charge on any atom is -0.461 e. The fraction of sp³-hybridized carbons (Fsp3) is 0.136. The summed E-state index contributed by atoms with van der Waals surface area (Å²) < 4.78 is 19.3. The summed E-state index contributed by atoms with van der Waals surface area (Å²) in [6.45, 7) is 0.153. The number of para-hydroxylation sites is 1. The Hall–Kier alpha value is -2.90. The van der Waals surface area contributed by atoms with E-state index < -0.39 is 5.97 Å². The predicted molar refractivity (Wildman–Crippen MR) is 113 cm³/mol. The second-order valence-electron chi connectivity index (χ2n) is 6.32. The van der Waals surface area contributed by atoms with Crippen molar-refractivity contribution in [3.63, 3.8) is 0 Å².